The third kappa shape index (κ3) is 2.94. The van der Waals surface area contributed by atoms with Crippen LogP contribution in [0.25, 0.3) is 11.2 Å². The number of anilines is 1. The summed E-state index contributed by atoms with van der Waals surface area (Å²) in [5.41, 5.74) is 2.32. The Kier molecular flexibility index (Phi) is 4.45. The predicted molar refractivity (Wildman–Crippen MR) is 122 cm³/mol. The first-order valence-electron chi connectivity index (χ1n) is 10.4. The van der Waals surface area contributed by atoms with Crippen molar-refractivity contribution in [3.05, 3.63) is 56.2 Å². The summed E-state index contributed by atoms with van der Waals surface area (Å²) in [7, 11) is -0.170. The number of sulfone groups is 1. The van der Waals surface area contributed by atoms with Gasteiger partial charge in [0, 0.05) is 14.1 Å². The second-order valence-electron chi connectivity index (χ2n) is 8.59. The molecule has 2 aliphatic rings. The Morgan fingerprint density at radius 3 is 2.38 bits per heavy atom. The molecule has 3 aromatic rings. The first kappa shape index (κ1) is 20.7. The third-order valence-electron chi connectivity index (χ3n) is 6.38. The van der Waals surface area contributed by atoms with E-state index in [9.17, 15) is 18.0 Å². The predicted octanol–water partition coefficient (Wildman–Crippen LogP) is 0.715. The number of benzene rings is 1. The van der Waals surface area contributed by atoms with Gasteiger partial charge in [-0.15, -0.1) is 0 Å². The van der Waals surface area contributed by atoms with Gasteiger partial charge in [0.15, 0.2) is 21.0 Å². The highest BCUT2D eigenvalue weighted by atomic mass is 32.2. The SMILES string of the molecule is Cc1ccc(C2=NN([C@@H]3CCS(=O)(=O)C3)c3nc4c(c(=O)n(C)c(=O)n4C)n3[C@@H]2C)cc1. The maximum Gasteiger partial charge on any atom is 0.332 e. The van der Waals surface area contributed by atoms with E-state index in [4.69, 9.17) is 5.10 Å². The number of hydrogen-bond acceptors (Lipinski definition) is 7. The van der Waals surface area contributed by atoms with Gasteiger partial charge in [-0.3, -0.25) is 18.5 Å². The van der Waals surface area contributed by atoms with Gasteiger partial charge in [0.1, 0.15) is 0 Å². The van der Waals surface area contributed by atoms with Crippen molar-refractivity contribution in [2.75, 3.05) is 16.5 Å². The summed E-state index contributed by atoms with van der Waals surface area (Å²) in [5, 5.41) is 6.49. The van der Waals surface area contributed by atoms with Crippen molar-refractivity contribution in [1.82, 2.24) is 18.7 Å². The Bertz CT molecular complexity index is 1510. The van der Waals surface area contributed by atoms with Crippen LogP contribution < -0.4 is 16.3 Å². The van der Waals surface area contributed by atoms with Crippen molar-refractivity contribution in [2.45, 2.75) is 32.4 Å². The summed E-state index contributed by atoms with van der Waals surface area (Å²) in [4.78, 5) is 30.2. The van der Waals surface area contributed by atoms with Crippen LogP contribution in [0.2, 0.25) is 0 Å². The monoisotopic (exact) mass is 456 g/mol. The molecule has 0 spiro atoms. The highest BCUT2D eigenvalue weighted by Crippen LogP contribution is 2.35. The number of hydrogen-bond donors (Lipinski definition) is 0. The van der Waals surface area contributed by atoms with Crippen LogP contribution in [0, 0.1) is 6.92 Å². The largest absolute Gasteiger partial charge is 0.332 e. The molecule has 0 N–H and O–H groups in total. The highest BCUT2D eigenvalue weighted by molar-refractivity contribution is 7.91. The molecule has 1 aromatic carbocycles. The van der Waals surface area contributed by atoms with Gasteiger partial charge in [-0.05, 0) is 25.8 Å². The third-order valence-corrected chi connectivity index (χ3v) is 8.13. The molecular formula is C21H24N6O4S. The Balaban J connectivity index is 1.81. The van der Waals surface area contributed by atoms with E-state index in [1.165, 1.54) is 11.6 Å². The Morgan fingerprint density at radius 1 is 1.06 bits per heavy atom. The van der Waals surface area contributed by atoms with Gasteiger partial charge >= 0.3 is 5.69 Å². The van der Waals surface area contributed by atoms with Crippen molar-refractivity contribution in [1.29, 1.82) is 0 Å². The van der Waals surface area contributed by atoms with Gasteiger partial charge in [0.05, 0.1) is 29.3 Å². The maximum absolute atomic E-state index is 13.1. The van der Waals surface area contributed by atoms with E-state index in [0.29, 0.717) is 23.6 Å². The second-order valence-corrected chi connectivity index (χ2v) is 10.8. The van der Waals surface area contributed by atoms with Gasteiger partial charge in [-0.2, -0.15) is 10.1 Å². The molecule has 2 atom stereocenters. The van der Waals surface area contributed by atoms with Crippen LogP contribution in [0.3, 0.4) is 0 Å². The zero-order valence-corrected chi connectivity index (χ0v) is 19.1. The minimum atomic E-state index is -3.18. The van der Waals surface area contributed by atoms with Crippen LogP contribution in [-0.4, -0.2) is 50.4 Å². The molecule has 2 aromatic heterocycles. The minimum Gasteiger partial charge on any atom is -0.294 e. The molecule has 0 unspecified atom stereocenters. The van der Waals surface area contributed by atoms with Gasteiger partial charge in [0.2, 0.25) is 5.95 Å². The van der Waals surface area contributed by atoms with E-state index in [-0.39, 0.29) is 23.2 Å². The maximum atomic E-state index is 13.1. The number of imidazole rings is 1. The Morgan fingerprint density at radius 2 is 1.75 bits per heavy atom. The summed E-state index contributed by atoms with van der Waals surface area (Å²) in [6.07, 6.45) is 0.418. The number of aryl methyl sites for hydroxylation is 2. The summed E-state index contributed by atoms with van der Waals surface area (Å²) in [5.74, 6) is 0.426. The lowest BCUT2D eigenvalue weighted by Gasteiger charge is -2.33. The molecule has 32 heavy (non-hydrogen) atoms. The fourth-order valence-corrected chi connectivity index (χ4v) is 6.23. The van der Waals surface area contributed by atoms with Crippen molar-refractivity contribution < 1.29 is 8.42 Å². The molecule has 0 aliphatic carbocycles. The van der Waals surface area contributed by atoms with E-state index in [1.54, 1.807) is 16.6 Å². The minimum absolute atomic E-state index is 0.0355. The molecule has 168 valence electrons. The second kappa shape index (κ2) is 6.89. The number of hydrazone groups is 1. The van der Waals surface area contributed by atoms with Crippen LogP contribution >= 0.6 is 0 Å². The van der Waals surface area contributed by atoms with Crippen LogP contribution in [0.5, 0.6) is 0 Å². The first-order valence-corrected chi connectivity index (χ1v) is 12.2. The quantitative estimate of drug-likeness (QED) is 0.562. The number of aromatic nitrogens is 4. The summed E-state index contributed by atoms with van der Waals surface area (Å²) in [6, 6.07) is 7.15. The number of fused-ring (bicyclic) bond motifs is 3. The lowest BCUT2D eigenvalue weighted by molar-refractivity contribution is 0.578. The van der Waals surface area contributed by atoms with Crippen LogP contribution in [-0.2, 0) is 23.9 Å². The smallest absolute Gasteiger partial charge is 0.294 e. The first-order chi connectivity index (χ1) is 15.1. The number of nitrogens with zero attached hydrogens (tertiary/aromatic N) is 6. The van der Waals surface area contributed by atoms with Crippen molar-refractivity contribution >= 4 is 32.7 Å². The lowest BCUT2D eigenvalue weighted by atomic mass is 10.0. The molecule has 4 heterocycles. The molecule has 2 aliphatic heterocycles. The Hall–Kier alpha value is -3.21. The Labute approximate surface area is 184 Å². The molecule has 0 amide bonds. The molecule has 1 fully saturated rings. The molecule has 5 rings (SSSR count). The zero-order valence-electron chi connectivity index (χ0n) is 18.3. The normalized spacial score (nSPS) is 22.2. The van der Waals surface area contributed by atoms with E-state index >= 15 is 0 Å². The van der Waals surface area contributed by atoms with E-state index in [1.807, 2.05) is 38.1 Å². The fraction of sp³-hybridized carbons (Fsp3) is 0.429. The van der Waals surface area contributed by atoms with Crippen molar-refractivity contribution in [2.24, 2.45) is 19.2 Å². The highest BCUT2D eigenvalue weighted by Gasteiger charge is 2.39. The topological polar surface area (TPSA) is 112 Å². The average molecular weight is 457 g/mol. The molecule has 0 saturated carbocycles. The summed E-state index contributed by atoms with van der Waals surface area (Å²) >= 11 is 0. The standard InChI is InChI=1S/C21H24N6O4S/c1-12-5-7-14(8-6-12)16-13(2)26-17-18(24(3)21(29)25(4)19(17)28)22-20(26)27(23-16)15-9-10-32(30,31)11-15/h5-8,13,15H,9-11H2,1-4H3/t13-,15-/m1/s1. The van der Waals surface area contributed by atoms with Crippen molar-refractivity contribution in [3.63, 3.8) is 0 Å². The van der Waals surface area contributed by atoms with Crippen molar-refractivity contribution in [3.8, 4) is 0 Å². The lowest BCUT2D eigenvalue weighted by Crippen LogP contribution is -2.41. The van der Waals surface area contributed by atoms with E-state index in [0.717, 1.165) is 15.7 Å². The molecular weight excluding hydrogens is 432 g/mol. The summed E-state index contributed by atoms with van der Waals surface area (Å²) in [6.45, 7) is 3.92. The number of rotatable bonds is 2. The molecule has 0 radical (unpaired) electrons. The van der Waals surface area contributed by atoms with Gasteiger partial charge in [0.25, 0.3) is 5.56 Å². The van der Waals surface area contributed by atoms with Gasteiger partial charge < -0.3 is 0 Å². The molecule has 1 saturated heterocycles. The van der Waals surface area contributed by atoms with Crippen LogP contribution in [0.4, 0.5) is 5.95 Å². The fourth-order valence-electron chi connectivity index (χ4n) is 4.53. The van der Waals surface area contributed by atoms with E-state index in [2.05, 4.69) is 4.98 Å². The molecule has 10 nitrogen and oxygen atoms in total. The van der Waals surface area contributed by atoms with E-state index < -0.39 is 27.1 Å². The van der Waals surface area contributed by atoms with Crippen LogP contribution in [0.1, 0.15) is 30.5 Å². The van der Waals surface area contributed by atoms with Crippen LogP contribution in [0.15, 0.2) is 39.0 Å². The van der Waals surface area contributed by atoms with Gasteiger partial charge in [-0.1, -0.05) is 29.8 Å². The van der Waals surface area contributed by atoms with Gasteiger partial charge in [-0.25, -0.2) is 18.2 Å². The molecule has 11 heteroatoms. The molecule has 0 bridgehead atoms. The summed E-state index contributed by atoms with van der Waals surface area (Å²) < 4.78 is 28.6. The zero-order chi connectivity index (χ0) is 22.9. The average Bonchev–Trinajstić information content (AvgIpc) is 3.33.